The molecule has 0 aromatic rings. The van der Waals surface area contributed by atoms with E-state index < -0.39 is 23.3 Å². The zero-order valence-corrected chi connectivity index (χ0v) is 102. The van der Waals surface area contributed by atoms with Crippen LogP contribution in [0, 0.1) is 35.5 Å². The molecule has 0 spiro atoms. The van der Waals surface area contributed by atoms with Gasteiger partial charge in [0.2, 0.25) is 0 Å². The van der Waals surface area contributed by atoms with Gasteiger partial charge in [-0.25, -0.2) is 0 Å². The lowest BCUT2D eigenvalue weighted by Gasteiger charge is -2.52. The average Bonchev–Trinajstić information content (AvgIpc) is 1.63. The van der Waals surface area contributed by atoms with Gasteiger partial charge in [-0.2, -0.15) is 60.8 Å². The fourth-order valence-corrected chi connectivity index (χ4v) is 26.2. The standard InChI is InChI=1S/2C10H22N2O.2C10H21NO2.3C9H20N2O.3C9H19NO2.C8H18N2O.C8H17NO2/c1-9(2)5-8(7-11)6-10(3,4)12(9)13;1-9(2)6-5-8(7-11)10(3,4)12(9)13;1-9(2)5-8(7-12)6-10(3,4)11(9)13;1-9(2)6-5-8(7-12)10(3,4)11(9)13;1-8(2)5-7(6-10)9(3,4)11(8)12;1-8(2)5-7(10)6-9(3,4)11(8)12;1-8(2)6-5-7(10)9(3,4)11(8)12;1-8(2)5-7(6-11)9(3,4)10(8)12;1-8(2)5-7(11)6-9(3,4)10(8)12;1-8(2)6-5-7(11)9(3,4)10(8)12;1-7(2)5-6(9)8(3,4)10(7)11;1-7(2)5-6(10)8(3,4)9(7)11/h2*8,13H,5-7,11H2,1-4H3;2*8,12-13H,5-7H2,1-4H3;3*7,12H,5-6,10H2,1-4H3;3*7,11-12H,5-6H2,1-4H3;6,11H,5,9H2,1-4H3;6,10-11H,5H2,1-4H3. The Labute approximate surface area is 888 Å². The number of rotatable bonds is 6. The van der Waals surface area contributed by atoms with Crippen LogP contribution in [0.3, 0.4) is 0 Å². The lowest BCUT2D eigenvalue weighted by Crippen LogP contribution is -2.65. The summed E-state index contributed by atoms with van der Waals surface area (Å²) in [5.74, 6) is 1.97. The molecule has 36 nitrogen and oxygen atoms in total. The topological polar surface area (TPSA) is 559 Å². The molecule has 0 aromatic heterocycles. The van der Waals surface area contributed by atoms with Gasteiger partial charge in [0, 0.05) is 161 Å². The molecule has 8 atom stereocenters. The first kappa shape index (κ1) is 143. The van der Waals surface area contributed by atoms with Crippen LogP contribution in [-0.2, 0) is 0 Å². The van der Waals surface area contributed by atoms with Crippen LogP contribution in [0.4, 0.5) is 0 Å². The van der Waals surface area contributed by atoms with Crippen LogP contribution in [0.1, 0.15) is 461 Å². The molecule has 0 aromatic carbocycles. The van der Waals surface area contributed by atoms with Gasteiger partial charge < -0.3 is 128 Å². The Balaban J connectivity index is 0.000000797. The smallest absolute Gasteiger partial charge is 0.0759 e. The van der Waals surface area contributed by atoms with Crippen molar-refractivity contribution in [1.82, 2.24) is 60.8 Å². The molecule has 0 amide bonds. The van der Waals surface area contributed by atoms with E-state index in [0.29, 0.717) is 56.0 Å². The summed E-state index contributed by atoms with van der Waals surface area (Å²) in [6.07, 6.45) is 16.3. The van der Waals surface area contributed by atoms with E-state index in [1.165, 1.54) is 60.8 Å². The Hall–Kier alpha value is -1.44. The van der Waals surface area contributed by atoms with Crippen LogP contribution in [0.5, 0.6) is 0 Å². The molecule has 8 unspecified atom stereocenters. The Kier molecular flexibility index (Phi) is 49.2. The minimum atomic E-state index is -0.526. The van der Waals surface area contributed by atoms with Crippen LogP contribution < -0.4 is 34.4 Å². The summed E-state index contributed by atoms with van der Waals surface area (Å²) in [7, 11) is 0. The molecule has 876 valence electrons. The summed E-state index contributed by atoms with van der Waals surface area (Å²) < 4.78 is 0. The van der Waals surface area contributed by atoms with E-state index in [2.05, 4.69) is 55.4 Å². The van der Waals surface area contributed by atoms with Crippen molar-refractivity contribution in [2.45, 2.75) is 630 Å². The van der Waals surface area contributed by atoms with E-state index in [0.717, 1.165) is 116 Å². The SMILES string of the molecule is CC1(C)CC(CN)C(C)(C)N1O.CC1(C)CC(CN)CC(C)(C)N1O.CC1(C)CC(CO)C(C)(C)N1O.CC1(C)CC(CO)CC(C)(C)N1O.CC1(C)CC(N)C(C)(C)N1O.CC1(C)CC(N)CC(C)(C)N1O.CC1(C)CC(O)C(C)(C)N1O.CC1(C)CC(O)CC(C)(C)N1O.CC1(C)CCC(CN)C(C)(C)N1O.CC1(C)CCC(CO)C(C)(C)N1O.CC1(C)CCC(N)C(C)(C)N1O.CC1(C)CCC(O)C(C)(C)N1O. The number of hydroxylamine groups is 24. The summed E-state index contributed by atoms with van der Waals surface area (Å²) in [4.78, 5) is 0. The molecule has 36 heteroatoms. The predicted molar refractivity (Wildman–Crippen MR) is 585 cm³/mol. The molecule has 12 fully saturated rings. The quantitative estimate of drug-likeness (QED) is 0.117. The maximum absolute atomic E-state index is 10.0. The van der Waals surface area contributed by atoms with Gasteiger partial charge in [0.15, 0.2) is 0 Å². The summed E-state index contributed by atoms with van der Waals surface area (Å²) >= 11 is 0. The Morgan fingerprint density at radius 1 is 0.192 bits per heavy atom. The van der Waals surface area contributed by atoms with Crippen molar-refractivity contribution < 1.29 is 93.1 Å². The number of piperidine rings is 8. The molecular formula is C110H238N18O18. The van der Waals surface area contributed by atoms with Crippen LogP contribution in [0.25, 0.3) is 0 Å². The number of aliphatic hydroxyl groups is 6. The van der Waals surface area contributed by atoms with Gasteiger partial charge in [-0.1, -0.05) is 0 Å². The largest absolute Gasteiger partial charge is 0.396 e. The minimum absolute atomic E-state index is 0.0579. The Bertz CT molecular complexity index is 3570. The molecular weight excluding hydrogens is 1860 g/mol. The highest BCUT2D eigenvalue weighted by Crippen LogP contribution is 2.50. The number of hydrogen-bond donors (Lipinski definition) is 24. The van der Waals surface area contributed by atoms with Gasteiger partial charge in [0.25, 0.3) is 0 Å². The van der Waals surface area contributed by atoms with E-state index in [1.807, 2.05) is 277 Å². The Morgan fingerprint density at radius 3 is 0.651 bits per heavy atom. The van der Waals surface area contributed by atoms with E-state index in [4.69, 9.17) is 44.6 Å². The molecule has 0 radical (unpaired) electrons. The van der Waals surface area contributed by atoms with Crippen molar-refractivity contribution in [3.05, 3.63) is 0 Å². The molecule has 12 saturated heterocycles. The molecule has 146 heavy (non-hydrogen) atoms. The zero-order chi connectivity index (χ0) is 116. The van der Waals surface area contributed by atoms with Crippen molar-refractivity contribution >= 4 is 0 Å². The second-order valence-corrected chi connectivity index (χ2v) is 60.0. The van der Waals surface area contributed by atoms with Crippen LogP contribution in [0.15, 0.2) is 0 Å². The fraction of sp³-hybridized carbons (Fsp3) is 1.00. The molecule has 0 saturated carbocycles. The second-order valence-electron chi connectivity index (χ2n) is 60.0. The molecule has 0 aliphatic carbocycles. The highest BCUT2D eigenvalue weighted by molar-refractivity contribution is 5.10. The van der Waals surface area contributed by atoms with E-state index in [-0.39, 0.29) is 178 Å². The molecule has 0 bridgehead atoms. The number of aliphatic hydroxyl groups excluding tert-OH is 6. The van der Waals surface area contributed by atoms with Gasteiger partial charge in [0.05, 0.1) is 40.5 Å². The maximum Gasteiger partial charge on any atom is 0.0759 e. The van der Waals surface area contributed by atoms with Crippen molar-refractivity contribution in [2.75, 3.05) is 39.5 Å². The molecule has 12 aliphatic heterocycles. The van der Waals surface area contributed by atoms with E-state index >= 15 is 0 Å². The normalized spacial score (nSPS) is 32.9. The molecule has 12 rings (SSSR count). The van der Waals surface area contributed by atoms with Crippen molar-refractivity contribution in [3.8, 4) is 0 Å². The molecule has 12 aliphatic rings. The zero-order valence-electron chi connectivity index (χ0n) is 102. The van der Waals surface area contributed by atoms with Crippen LogP contribution in [0.2, 0.25) is 0 Å². The molecule has 30 N–H and O–H groups in total. The van der Waals surface area contributed by atoms with Crippen LogP contribution in [-0.4, -0.2) is 363 Å². The monoisotopic (exact) mass is 2100 g/mol. The third-order valence-corrected chi connectivity index (χ3v) is 35.9. The van der Waals surface area contributed by atoms with Crippen LogP contribution >= 0.6 is 0 Å². The van der Waals surface area contributed by atoms with Gasteiger partial charge >= 0.3 is 0 Å². The van der Waals surface area contributed by atoms with Gasteiger partial charge in [-0.3, -0.25) is 0 Å². The van der Waals surface area contributed by atoms with Crippen molar-refractivity contribution in [2.24, 2.45) is 69.9 Å². The lowest BCUT2D eigenvalue weighted by atomic mass is 9.74. The second kappa shape index (κ2) is 50.4. The fourth-order valence-electron chi connectivity index (χ4n) is 26.2. The number of nitrogens with two attached hydrogens (primary N) is 6. The third-order valence-electron chi connectivity index (χ3n) is 35.9. The highest BCUT2D eigenvalue weighted by atomic mass is 16.5. The first-order valence-electron chi connectivity index (χ1n) is 54.7. The van der Waals surface area contributed by atoms with Crippen molar-refractivity contribution in [3.63, 3.8) is 0 Å². The third kappa shape index (κ3) is 34.8. The lowest BCUT2D eigenvalue weighted by molar-refractivity contribution is -0.269. The number of nitrogens with zero attached hydrogens (tertiary/aromatic N) is 12. The first-order chi connectivity index (χ1) is 64.5. The number of hydrogen-bond acceptors (Lipinski definition) is 36. The highest BCUT2D eigenvalue weighted by Gasteiger charge is 2.58. The minimum Gasteiger partial charge on any atom is -0.396 e. The molecule has 12 heterocycles. The van der Waals surface area contributed by atoms with E-state index in [9.17, 15) is 82.9 Å². The average molecular weight is 2100 g/mol. The first-order valence-corrected chi connectivity index (χ1v) is 54.7. The maximum atomic E-state index is 10.0. The van der Waals surface area contributed by atoms with Crippen molar-refractivity contribution in [1.29, 1.82) is 0 Å². The van der Waals surface area contributed by atoms with E-state index in [1.54, 1.807) is 0 Å². The summed E-state index contributed by atoms with van der Waals surface area (Å²) in [6.45, 7) is 98.3. The van der Waals surface area contributed by atoms with Gasteiger partial charge in [-0.15, -0.1) is 0 Å². The summed E-state index contributed by atoms with van der Waals surface area (Å²) in [5, 5.41) is 191. The predicted octanol–water partition coefficient (Wildman–Crippen LogP) is 16.4. The van der Waals surface area contributed by atoms with Gasteiger partial charge in [-0.05, 0) is 504 Å². The Morgan fingerprint density at radius 2 is 0.418 bits per heavy atom. The van der Waals surface area contributed by atoms with Gasteiger partial charge in [0.1, 0.15) is 0 Å². The summed E-state index contributed by atoms with van der Waals surface area (Å²) in [5.41, 5.74) is 28.9. The summed E-state index contributed by atoms with van der Waals surface area (Å²) in [6, 6.07) is 0.330.